The number of rotatable bonds is 4. The molecule has 19 heavy (non-hydrogen) atoms. The fourth-order valence-corrected chi connectivity index (χ4v) is 2.01. The molecule has 0 saturated carbocycles. The molecule has 0 atom stereocenters. The highest BCUT2D eigenvalue weighted by Crippen LogP contribution is 2.15. The number of carbonyl (C=O) groups is 1. The lowest BCUT2D eigenvalue weighted by molar-refractivity contribution is -0.884. The number of hydrazine groups is 1. The maximum Gasteiger partial charge on any atom is 0.272 e. The molecule has 1 heterocycles. The molecule has 1 aromatic carbocycles. The highest BCUT2D eigenvalue weighted by atomic mass is 35.5. The van der Waals surface area contributed by atoms with Crippen molar-refractivity contribution in [1.29, 1.82) is 0 Å². The Morgan fingerprint density at radius 2 is 2.00 bits per heavy atom. The highest BCUT2D eigenvalue weighted by molar-refractivity contribution is 6.30. The Balaban J connectivity index is 1.71. The van der Waals surface area contributed by atoms with Crippen LogP contribution in [-0.2, 0) is 4.79 Å². The molecule has 1 aliphatic heterocycles. The number of amides is 1. The average molecular weight is 285 g/mol. The van der Waals surface area contributed by atoms with Gasteiger partial charge in [-0.1, -0.05) is 11.6 Å². The van der Waals surface area contributed by atoms with E-state index in [9.17, 15) is 4.79 Å². The standard InChI is InChI=1S/C13H18ClN3O2/c1-16-6-8-17(9-7-16)15-13(18)10-19-12-4-2-11(14)3-5-12/h2-5H,6-10H2,1H3,(H,15,18)/p+1. The summed E-state index contributed by atoms with van der Waals surface area (Å²) in [4.78, 5) is 13.2. The van der Waals surface area contributed by atoms with Crippen molar-refractivity contribution in [2.24, 2.45) is 0 Å². The van der Waals surface area contributed by atoms with Crippen LogP contribution < -0.4 is 15.1 Å². The van der Waals surface area contributed by atoms with Crippen LogP contribution in [0.15, 0.2) is 24.3 Å². The summed E-state index contributed by atoms with van der Waals surface area (Å²) in [6, 6.07) is 6.96. The van der Waals surface area contributed by atoms with Gasteiger partial charge < -0.3 is 9.64 Å². The van der Waals surface area contributed by atoms with Gasteiger partial charge in [0.05, 0.1) is 33.2 Å². The number of nitrogens with one attached hydrogen (secondary N) is 2. The van der Waals surface area contributed by atoms with E-state index in [2.05, 4.69) is 12.5 Å². The molecule has 2 N–H and O–H groups in total. The summed E-state index contributed by atoms with van der Waals surface area (Å²) in [5.41, 5.74) is 2.85. The van der Waals surface area contributed by atoms with E-state index in [4.69, 9.17) is 16.3 Å². The van der Waals surface area contributed by atoms with E-state index in [1.807, 2.05) is 5.01 Å². The molecule has 2 rings (SSSR count). The van der Waals surface area contributed by atoms with Crippen LogP contribution >= 0.6 is 11.6 Å². The zero-order valence-corrected chi connectivity index (χ0v) is 11.7. The monoisotopic (exact) mass is 284 g/mol. The number of hydrogen-bond acceptors (Lipinski definition) is 3. The molecule has 1 aromatic rings. The molecular formula is C13H19ClN3O2+. The third-order valence-electron chi connectivity index (χ3n) is 3.08. The van der Waals surface area contributed by atoms with Gasteiger partial charge in [-0.05, 0) is 24.3 Å². The summed E-state index contributed by atoms with van der Waals surface area (Å²) in [7, 11) is 2.16. The van der Waals surface area contributed by atoms with E-state index in [-0.39, 0.29) is 12.5 Å². The van der Waals surface area contributed by atoms with Crippen molar-refractivity contribution in [3.63, 3.8) is 0 Å². The Labute approximate surface area is 118 Å². The Bertz CT molecular complexity index is 416. The molecule has 6 heteroatoms. The molecule has 104 valence electrons. The van der Waals surface area contributed by atoms with Gasteiger partial charge in [0, 0.05) is 5.02 Å². The van der Waals surface area contributed by atoms with Gasteiger partial charge in [-0.3, -0.25) is 10.2 Å². The van der Waals surface area contributed by atoms with Gasteiger partial charge in [0.25, 0.3) is 5.91 Å². The SMILES string of the molecule is C[NH+]1CCN(NC(=O)COc2ccc(Cl)cc2)CC1. The first kappa shape index (κ1) is 14.1. The van der Waals surface area contributed by atoms with Gasteiger partial charge in [-0.2, -0.15) is 0 Å². The number of carbonyl (C=O) groups excluding carboxylic acids is 1. The van der Waals surface area contributed by atoms with E-state index in [0.29, 0.717) is 10.8 Å². The summed E-state index contributed by atoms with van der Waals surface area (Å²) in [5, 5.41) is 2.59. The molecule has 0 spiro atoms. The first-order chi connectivity index (χ1) is 9.13. The van der Waals surface area contributed by atoms with E-state index in [1.54, 1.807) is 24.3 Å². The number of nitrogens with zero attached hydrogens (tertiary/aromatic N) is 1. The van der Waals surface area contributed by atoms with Gasteiger partial charge in [0.15, 0.2) is 6.61 Å². The Kier molecular flexibility index (Phi) is 5.01. The summed E-state index contributed by atoms with van der Waals surface area (Å²) >= 11 is 5.77. The third-order valence-corrected chi connectivity index (χ3v) is 3.34. The molecular weight excluding hydrogens is 266 g/mol. The quantitative estimate of drug-likeness (QED) is 0.790. The largest absolute Gasteiger partial charge is 0.484 e. The number of benzene rings is 1. The minimum Gasteiger partial charge on any atom is -0.484 e. The lowest BCUT2D eigenvalue weighted by atomic mass is 10.3. The second-order valence-electron chi connectivity index (χ2n) is 4.72. The summed E-state index contributed by atoms with van der Waals surface area (Å²) in [5.74, 6) is 0.511. The lowest BCUT2D eigenvalue weighted by Crippen LogP contribution is -3.12. The molecule has 1 saturated heterocycles. The van der Waals surface area contributed by atoms with Crippen LogP contribution in [0.5, 0.6) is 5.75 Å². The maximum atomic E-state index is 11.7. The van der Waals surface area contributed by atoms with Crippen LogP contribution in [-0.4, -0.2) is 50.7 Å². The van der Waals surface area contributed by atoms with E-state index >= 15 is 0 Å². The van der Waals surface area contributed by atoms with Crippen molar-refractivity contribution < 1.29 is 14.4 Å². The van der Waals surface area contributed by atoms with Gasteiger partial charge >= 0.3 is 0 Å². The molecule has 0 unspecified atom stereocenters. The molecule has 1 aliphatic rings. The molecule has 0 bridgehead atoms. The normalized spacial score (nSPS) is 17.2. The topological polar surface area (TPSA) is 46.0 Å². The number of halogens is 1. The first-order valence-electron chi connectivity index (χ1n) is 6.37. The maximum absolute atomic E-state index is 11.7. The minimum absolute atomic E-state index is 0.0147. The van der Waals surface area contributed by atoms with Gasteiger partial charge in [0.2, 0.25) is 0 Å². The van der Waals surface area contributed by atoms with Crippen LogP contribution in [0.25, 0.3) is 0 Å². The van der Waals surface area contributed by atoms with Gasteiger partial charge in [-0.25, -0.2) is 5.01 Å². The minimum atomic E-state index is -0.130. The summed E-state index contributed by atoms with van der Waals surface area (Å²) in [6.45, 7) is 3.84. The van der Waals surface area contributed by atoms with Crippen LogP contribution in [0.1, 0.15) is 0 Å². The molecule has 1 fully saturated rings. The van der Waals surface area contributed by atoms with Gasteiger partial charge in [0.1, 0.15) is 5.75 Å². The van der Waals surface area contributed by atoms with Crippen LogP contribution in [0, 0.1) is 0 Å². The third kappa shape index (κ3) is 4.70. The van der Waals surface area contributed by atoms with Crippen molar-refractivity contribution >= 4 is 17.5 Å². The number of ether oxygens (including phenoxy) is 1. The van der Waals surface area contributed by atoms with E-state index in [1.165, 1.54) is 4.90 Å². The molecule has 0 aromatic heterocycles. The van der Waals surface area contributed by atoms with Crippen molar-refractivity contribution in [3.05, 3.63) is 29.3 Å². The number of likely N-dealkylation sites (N-methyl/N-ethyl adjacent to an activating group) is 1. The van der Waals surface area contributed by atoms with Crippen molar-refractivity contribution in [2.75, 3.05) is 39.8 Å². The molecule has 0 aliphatic carbocycles. The molecule has 1 amide bonds. The second-order valence-corrected chi connectivity index (χ2v) is 5.16. The number of hydrogen-bond donors (Lipinski definition) is 2. The van der Waals surface area contributed by atoms with Crippen LogP contribution in [0.3, 0.4) is 0 Å². The summed E-state index contributed by atoms with van der Waals surface area (Å²) < 4.78 is 5.38. The van der Waals surface area contributed by atoms with Crippen molar-refractivity contribution in [2.45, 2.75) is 0 Å². The zero-order chi connectivity index (χ0) is 13.7. The Morgan fingerprint density at radius 3 is 2.63 bits per heavy atom. The smallest absolute Gasteiger partial charge is 0.272 e. The van der Waals surface area contributed by atoms with Gasteiger partial charge in [-0.15, -0.1) is 0 Å². The predicted octanol–water partition coefficient (Wildman–Crippen LogP) is -0.420. The zero-order valence-electron chi connectivity index (χ0n) is 11.0. The molecule has 5 nitrogen and oxygen atoms in total. The fourth-order valence-electron chi connectivity index (χ4n) is 1.89. The summed E-state index contributed by atoms with van der Waals surface area (Å²) in [6.07, 6.45) is 0. The first-order valence-corrected chi connectivity index (χ1v) is 6.75. The van der Waals surface area contributed by atoms with Crippen molar-refractivity contribution in [1.82, 2.24) is 10.4 Å². The lowest BCUT2D eigenvalue weighted by Gasteiger charge is -2.29. The predicted molar refractivity (Wildman–Crippen MR) is 73.3 cm³/mol. The second kappa shape index (κ2) is 6.75. The van der Waals surface area contributed by atoms with E-state index in [0.717, 1.165) is 26.2 Å². The Hall–Kier alpha value is -1.30. The fraction of sp³-hybridized carbons (Fsp3) is 0.462. The molecule has 0 radical (unpaired) electrons. The highest BCUT2D eigenvalue weighted by Gasteiger charge is 2.18. The average Bonchev–Trinajstić information content (AvgIpc) is 2.41. The number of piperazine rings is 1. The van der Waals surface area contributed by atoms with E-state index < -0.39 is 0 Å². The van der Waals surface area contributed by atoms with Crippen LogP contribution in [0.2, 0.25) is 5.02 Å². The Morgan fingerprint density at radius 1 is 1.37 bits per heavy atom. The van der Waals surface area contributed by atoms with Crippen molar-refractivity contribution in [3.8, 4) is 5.75 Å². The van der Waals surface area contributed by atoms with Crippen LogP contribution in [0.4, 0.5) is 0 Å². The number of quaternary nitrogens is 1.